The maximum atomic E-state index is 13.2. The van der Waals surface area contributed by atoms with Crippen LogP contribution in [0.1, 0.15) is 53.9 Å². The number of hydrogen-bond donors (Lipinski definition) is 2. The second kappa shape index (κ2) is 4.62. The molecule has 0 unspecified atom stereocenters. The lowest BCUT2D eigenvalue weighted by molar-refractivity contribution is -0.141. The fraction of sp³-hybridized carbons (Fsp3) is 0.800. The van der Waals surface area contributed by atoms with E-state index in [0.717, 1.165) is 6.42 Å². The Morgan fingerprint density at radius 3 is 2.40 bits per heavy atom. The normalized spacial score (nSPS) is 56.0. The Bertz CT molecular complexity index is 705. The van der Waals surface area contributed by atoms with E-state index >= 15 is 0 Å². The highest BCUT2D eigenvalue weighted by Gasteiger charge is 2.79. The Labute approximate surface area is 148 Å². The molecule has 7 atom stereocenters. The molecule has 0 amide bonds. The van der Waals surface area contributed by atoms with Crippen LogP contribution in [0.4, 0.5) is 0 Å². The topological polar surface area (TPSA) is 87.1 Å². The second-order valence-corrected chi connectivity index (χ2v) is 9.69. The highest BCUT2D eigenvalue weighted by Crippen LogP contribution is 2.64. The minimum absolute atomic E-state index is 0.0305. The maximum absolute atomic E-state index is 13.2. The van der Waals surface area contributed by atoms with Gasteiger partial charge in [-0.3, -0.25) is 9.59 Å². The third kappa shape index (κ3) is 2.12. The van der Waals surface area contributed by atoms with E-state index in [1.165, 1.54) is 6.08 Å². The molecule has 4 rings (SSSR count). The first-order valence-electron chi connectivity index (χ1n) is 9.30. The minimum Gasteiger partial charge on any atom is -0.386 e. The van der Waals surface area contributed by atoms with Gasteiger partial charge >= 0.3 is 0 Å². The Morgan fingerprint density at radius 1 is 1.12 bits per heavy atom. The molecule has 3 aliphatic carbocycles. The number of epoxide rings is 1. The number of carbonyl (C=O) groups is 2. The molecule has 2 N–H and O–H groups in total. The first kappa shape index (κ1) is 17.4. The van der Waals surface area contributed by atoms with Crippen molar-refractivity contribution in [2.75, 3.05) is 0 Å². The summed E-state index contributed by atoms with van der Waals surface area (Å²) in [6, 6.07) is 0. The smallest absolute Gasteiger partial charge is 0.196 e. The molecule has 1 heterocycles. The quantitative estimate of drug-likeness (QED) is 0.652. The van der Waals surface area contributed by atoms with E-state index in [4.69, 9.17) is 4.74 Å². The average Bonchev–Trinajstić information content (AvgIpc) is 3.32. The van der Waals surface area contributed by atoms with E-state index in [0.29, 0.717) is 24.7 Å². The fourth-order valence-electron chi connectivity index (χ4n) is 5.48. The Kier molecular flexibility index (Phi) is 3.21. The highest BCUT2D eigenvalue weighted by molar-refractivity contribution is 6.17. The van der Waals surface area contributed by atoms with Crippen molar-refractivity contribution in [1.82, 2.24) is 0 Å². The van der Waals surface area contributed by atoms with Gasteiger partial charge in [0.15, 0.2) is 22.8 Å². The standard InChI is InChI=1S/C20H28O5/c1-10-8-12-11(17(12,2)3)6-7-18(4,23)9-13-15(22)19(5)16(25-19)20(13,24)14(10)21/h9-12,16,23-24H,6-8H2,1-5H3/b13-9+/t10-,11+,12-,16-,18+,19-,20+/m1/s1. The van der Waals surface area contributed by atoms with E-state index in [9.17, 15) is 19.8 Å². The van der Waals surface area contributed by atoms with Crippen LogP contribution in [0.25, 0.3) is 0 Å². The lowest BCUT2D eigenvalue weighted by Crippen LogP contribution is -2.48. The lowest BCUT2D eigenvalue weighted by Gasteiger charge is -2.29. The predicted octanol–water partition coefficient (Wildman–Crippen LogP) is 1.80. The van der Waals surface area contributed by atoms with Crippen LogP contribution in [0, 0.1) is 23.2 Å². The Hall–Kier alpha value is -1.04. The van der Waals surface area contributed by atoms with E-state index in [-0.39, 0.29) is 28.5 Å². The molecule has 0 bridgehead atoms. The van der Waals surface area contributed by atoms with Gasteiger partial charge in [-0.2, -0.15) is 0 Å². The van der Waals surface area contributed by atoms with Crippen LogP contribution in [0.3, 0.4) is 0 Å². The van der Waals surface area contributed by atoms with Crippen molar-refractivity contribution >= 4 is 11.6 Å². The van der Waals surface area contributed by atoms with Gasteiger partial charge in [-0.25, -0.2) is 0 Å². The van der Waals surface area contributed by atoms with Crippen molar-refractivity contribution in [3.8, 4) is 0 Å². The van der Waals surface area contributed by atoms with Crippen molar-refractivity contribution in [1.29, 1.82) is 0 Å². The number of hydrogen-bond acceptors (Lipinski definition) is 5. The number of rotatable bonds is 0. The van der Waals surface area contributed by atoms with Gasteiger partial charge in [0, 0.05) is 11.5 Å². The molecule has 138 valence electrons. The fourth-order valence-corrected chi connectivity index (χ4v) is 5.48. The second-order valence-electron chi connectivity index (χ2n) is 9.69. The van der Waals surface area contributed by atoms with Crippen LogP contribution in [-0.4, -0.2) is 44.7 Å². The van der Waals surface area contributed by atoms with Gasteiger partial charge in [-0.15, -0.1) is 0 Å². The van der Waals surface area contributed by atoms with Crippen LogP contribution >= 0.6 is 0 Å². The summed E-state index contributed by atoms with van der Waals surface area (Å²) in [5, 5.41) is 22.1. The van der Waals surface area contributed by atoms with Crippen LogP contribution in [-0.2, 0) is 14.3 Å². The van der Waals surface area contributed by atoms with E-state index in [1.807, 2.05) is 6.92 Å². The highest BCUT2D eigenvalue weighted by atomic mass is 16.6. The molecular formula is C20H28O5. The number of Topliss-reactive ketones (excluding diaryl/α,β-unsaturated/α-hetero) is 2. The summed E-state index contributed by atoms with van der Waals surface area (Å²) in [5.74, 6) is -0.220. The van der Waals surface area contributed by atoms with Gasteiger partial charge in [0.2, 0.25) is 0 Å². The Balaban J connectivity index is 1.79. The summed E-state index contributed by atoms with van der Waals surface area (Å²) >= 11 is 0. The number of carbonyl (C=O) groups excluding carboxylic acids is 2. The molecule has 0 spiro atoms. The van der Waals surface area contributed by atoms with E-state index in [2.05, 4.69) is 13.8 Å². The van der Waals surface area contributed by atoms with E-state index < -0.39 is 22.9 Å². The van der Waals surface area contributed by atoms with Crippen LogP contribution in [0.2, 0.25) is 0 Å². The molecule has 0 aromatic carbocycles. The number of aliphatic hydroxyl groups is 2. The first-order chi connectivity index (χ1) is 11.4. The molecule has 1 aliphatic heterocycles. The van der Waals surface area contributed by atoms with Gasteiger partial charge in [0.1, 0.15) is 6.10 Å². The van der Waals surface area contributed by atoms with Crippen LogP contribution < -0.4 is 0 Å². The molecular weight excluding hydrogens is 320 g/mol. The van der Waals surface area contributed by atoms with Crippen molar-refractivity contribution in [2.24, 2.45) is 23.2 Å². The predicted molar refractivity (Wildman–Crippen MR) is 90.7 cm³/mol. The summed E-state index contributed by atoms with van der Waals surface area (Å²) in [5.41, 5.74) is -4.12. The van der Waals surface area contributed by atoms with Gasteiger partial charge in [-0.05, 0) is 56.4 Å². The summed E-state index contributed by atoms with van der Waals surface area (Å²) in [6.07, 6.45) is 2.66. The zero-order valence-electron chi connectivity index (χ0n) is 15.6. The zero-order valence-corrected chi connectivity index (χ0v) is 15.6. The van der Waals surface area contributed by atoms with Gasteiger partial charge in [0.25, 0.3) is 0 Å². The third-order valence-corrected chi connectivity index (χ3v) is 7.43. The van der Waals surface area contributed by atoms with Crippen molar-refractivity contribution < 1.29 is 24.5 Å². The van der Waals surface area contributed by atoms with Crippen LogP contribution in [0.15, 0.2) is 11.6 Å². The molecule has 25 heavy (non-hydrogen) atoms. The molecule has 2 saturated carbocycles. The largest absolute Gasteiger partial charge is 0.386 e. The first-order valence-corrected chi connectivity index (χ1v) is 9.30. The van der Waals surface area contributed by atoms with Gasteiger partial charge in [-0.1, -0.05) is 20.8 Å². The molecule has 3 fully saturated rings. The van der Waals surface area contributed by atoms with Crippen molar-refractivity contribution in [3.05, 3.63) is 11.6 Å². The molecule has 1 saturated heterocycles. The summed E-state index contributed by atoms with van der Waals surface area (Å²) in [7, 11) is 0. The molecule has 5 heteroatoms. The summed E-state index contributed by atoms with van der Waals surface area (Å²) < 4.78 is 5.45. The van der Waals surface area contributed by atoms with Gasteiger partial charge < -0.3 is 14.9 Å². The number of ether oxygens (including phenoxy) is 1. The number of fused-ring (bicyclic) bond motifs is 4. The lowest BCUT2D eigenvalue weighted by atomic mass is 9.80. The summed E-state index contributed by atoms with van der Waals surface area (Å²) in [6.45, 7) is 9.51. The third-order valence-electron chi connectivity index (χ3n) is 7.43. The van der Waals surface area contributed by atoms with Crippen molar-refractivity contribution in [2.45, 2.75) is 76.8 Å². The molecule has 4 aliphatic rings. The molecule has 0 aromatic heterocycles. The summed E-state index contributed by atoms with van der Waals surface area (Å²) in [4.78, 5) is 25.9. The molecule has 5 nitrogen and oxygen atoms in total. The average molecular weight is 348 g/mol. The zero-order chi connectivity index (χ0) is 18.6. The molecule has 0 aromatic rings. The van der Waals surface area contributed by atoms with Crippen molar-refractivity contribution in [3.63, 3.8) is 0 Å². The minimum atomic E-state index is -1.94. The maximum Gasteiger partial charge on any atom is 0.196 e. The Morgan fingerprint density at radius 2 is 1.76 bits per heavy atom. The van der Waals surface area contributed by atoms with E-state index in [1.54, 1.807) is 13.8 Å². The number of ketones is 2. The SMILES string of the molecule is C[C@@H]1C[C@@H]2[C@H](CC[C@](C)(O)/C=C3\C(=O)[C@@]4(C)O[C@H]4[C@@]3(O)C1=O)C2(C)C. The monoisotopic (exact) mass is 348 g/mol. The van der Waals surface area contributed by atoms with Crippen LogP contribution in [0.5, 0.6) is 0 Å². The molecule has 0 radical (unpaired) electrons. The van der Waals surface area contributed by atoms with Gasteiger partial charge in [0.05, 0.1) is 5.60 Å².